The van der Waals surface area contributed by atoms with Gasteiger partial charge in [0.2, 0.25) is 0 Å². The van der Waals surface area contributed by atoms with Crippen LogP contribution in [0.5, 0.6) is 0 Å². The second-order valence-corrected chi connectivity index (χ2v) is 4.24. The molecule has 1 aliphatic heterocycles. The molecule has 0 saturated carbocycles. The van der Waals surface area contributed by atoms with Gasteiger partial charge < -0.3 is 14.9 Å². The first-order chi connectivity index (χ1) is 7.88. The summed E-state index contributed by atoms with van der Waals surface area (Å²) < 4.78 is 11.0. The maximum absolute atomic E-state index is 5.64. The molecule has 4 heteroatoms. The SMILES string of the molecule is NCCN(Cc1ccco1)CC1CCCO1. The van der Waals surface area contributed by atoms with Crippen LogP contribution in [0, 0.1) is 0 Å². The van der Waals surface area contributed by atoms with Gasteiger partial charge in [-0.3, -0.25) is 4.90 Å². The predicted molar refractivity (Wildman–Crippen MR) is 62.0 cm³/mol. The van der Waals surface area contributed by atoms with Gasteiger partial charge >= 0.3 is 0 Å². The molecular weight excluding hydrogens is 204 g/mol. The van der Waals surface area contributed by atoms with Crippen LogP contribution in [0.2, 0.25) is 0 Å². The number of rotatable bonds is 6. The van der Waals surface area contributed by atoms with Gasteiger partial charge in [0.15, 0.2) is 0 Å². The molecule has 0 aliphatic carbocycles. The fourth-order valence-corrected chi connectivity index (χ4v) is 2.12. The van der Waals surface area contributed by atoms with Gasteiger partial charge in [-0.25, -0.2) is 0 Å². The summed E-state index contributed by atoms with van der Waals surface area (Å²) in [5.41, 5.74) is 5.62. The Morgan fingerprint density at radius 1 is 1.50 bits per heavy atom. The second kappa shape index (κ2) is 6.03. The molecule has 2 heterocycles. The van der Waals surface area contributed by atoms with Crippen LogP contribution in [0.3, 0.4) is 0 Å². The molecule has 1 aromatic rings. The van der Waals surface area contributed by atoms with E-state index < -0.39 is 0 Å². The van der Waals surface area contributed by atoms with Crippen LogP contribution in [-0.4, -0.2) is 37.2 Å². The minimum absolute atomic E-state index is 0.376. The van der Waals surface area contributed by atoms with Crippen molar-refractivity contribution in [2.24, 2.45) is 5.73 Å². The predicted octanol–water partition coefficient (Wildman–Crippen LogP) is 1.22. The van der Waals surface area contributed by atoms with Crippen LogP contribution in [0.25, 0.3) is 0 Å². The van der Waals surface area contributed by atoms with Gasteiger partial charge in [-0.15, -0.1) is 0 Å². The Balaban J connectivity index is 1.83. The van der Waals surface area contributed by atoms with Gasteiger partial charge in [0.25, 0.3) is 0 Å². The zero-order valence-electron chi connectivity index (χ0n) is 9.60. The first-order valence-corrected chi connectivity index (χ1v) is 5.95. The van der Waals surface area contributed by atoms with Crippen LogP contribution in [-0.2, 0) is 11.3 Å². The average molecular weight is 224 g/mol. The van der Waals surface area contributed by atoms with Gasteiger partial charge in [0.05, 0.1) is 18.9 Å². The fraction of sp³-hybridized carbons (Fsp3) is 0.667. The highest BCUT2D eigenvalue weighted by Crippen LogP contribution is 2.14. The molecule has 0 spiro atoms. The first kappa shape index (κ1) is 11.6. The molecule has 1 aliphatic rings. The minimum atomic E-state index is 0.376. The molecule has 1 saturated heterocycles. The lowest BCUT2D eigenvalue weighted by Gasteiger charge is -2.23. The quantitative estimate of drug-likeness (QED) is 0.789. The van der Waals surface area contributed by atoms with Crippen LogP contribution in [0.1, 0.15) is 18.6 Å². The maximum atomic E-state index is 5.64. The molecule has 1 atom stereocenters. The van der Waals surface area contributed by atoms with E-state index in [1.54, 1.807) is 6.26 Å². The van der Waals surface area contributed by atoms with E-state index in [4.69, 9.17) is 14.9 Å². The molecule has 0 amide bonds. The highest BCUT2D eigenvalue weighted by Gasteiger charge is 2.19. The smallest absolute Gasteiger partial charge is 0.117 e. The summed E-state index contributed by atoms with van der Waals surface area (Å²) in [5, 5.41) is 0. The number of nitrogens with zero attached hydrogens (tertiary/aromatic N) is 1. The van der Waals surface area contributed by atoms with Crippen molar-refractivity contribution in [1.29, 1.82) is 0 Å². The lowest BCUT2D eigenvalue weighted by atomic mass is 10.2. The van der Waals surface area contributed by atoms with E-state index in [2.05, 4.69) is 4.90 Å². The molecule has 90 valence electrons. The zero-order chi connectivity index (χ0) is 11.2. The summed E-state index contributed by atoms with van der Waals surface area (Å²) in [6.07, 6.45) is 4.44. The first-order valence-electron chi connectivity index (χ1n) is 5.95. The molecule has 0 radical (unpaired) electrons. The Hall–Kier alpha value is -0.840. The molecule has 4 nitrogen and oxygen atoms in total. The van der Waals surface area contributed by atoms with Gasteiger partial charge in [0.1, 0.15) is 5.76 Å². The van der Waals surface area contributed by atoms with Crippen molar-refractivity contribution < 1.29 is 9.15 Å². The minimum Gasteiger partial charge on any atom is -0.468 e. The second-order valence-electron chi connectivity index (χ2n) is 4.24. The van der Waals surface area contributed by atoms with Crippen molar-refractivity contribution >= 4 is 0 Å². The van der Waals surface area contributed by atoms with Crippen molar-refractivity contribution in [3.8, 4) is 0 Å². The van der Waals surface area contributed by atoms with Crippen LogP contribution >= 0.6 is 0 Å². The zero-order valence-corrected chi connectivity index (χ0v) is 9.60. The standard InChI is InChI=1S/C12H20N2O2/c13-5-6-14(9-11-3-1-7-15-11)10-12-4-2-8-16-12/h1,3,7,12H,2,4-6,8-10,13H2. The van der Waals surface area contributed by atoms with Crippen molar-refractivity contribution in [3.05, 3.63) is 24.2 Å². The van der Waals surface area contributed by atoms with E-state index in [1.165, 1.54) is 12.8 Å². The summed E-state index contributed by atoms with van der Waals surface area (Å²) >= 11 is 0. The highest BCUT2D eigenvalue weighted by atomic mass is 16.5. The highest BCUT2D eigenvalue weighted by molar-refractivity contribution is 4.98. The molecule has 1 fully saturated rings. The number of hydrogen-bond donors (Lipinski definition) is 1. The van der Waals surface area contributed by atoms with Gasteiger partial charge in [-0.1, -0.05) is 0 Å². The molecule has 1 unspecified atom stereocenters. The van der Waals surface area contributed by atoms with Crippen molar-refractivity contribution in [2.75, 3.05) is 26.2 Å². The van der Waals surface area contributed by atoms with Gasteiger partial charge in [-0.05, 0) is 25.0 Å². The Morgan fingerprint density at radius 3 is 3.06 bits per heavy atom. The van der Waals surface area contributed by atoms with Crippen LogP contribution in [0.15, 0.2) is 22.8 Å². The summed E-state index contributed by atoms with van der Waals surface area (Å²) in [7, 11) is 0. The fourth-order valence-electron chi connectivity index (χ4n) is 2.12. The molecule has 16 heavy (non-hydrogen) atoms. The molecule has 1 aromatic heterocycles. The third-order valence-corrected chi connectivity index (χ3v) is 2.89. The van der Waals surface area contributed by atoms with E-state index in [1.807, 2.05) is 12.1 Å². The summed E-state index contributed by atoms with van der Waals surface area (Å²) in [6, 6.07) is 3.92. The number of nitrogens with two attached hydrogens (primary N) is 1. The Bertz CT molecular complexity index is 281. The molecule has 0 aromatic carbocycles. The van der Waals surface area contributed by atoms with Crippen molar-refractivity contribution in [1.82, 2.24) is 4.90 Å². The summed E-state index contributed by atoms with van der Waals surface area (Å²) in [6.45, 7) is 4.25. The van der Waals surface area contributed by atoms with E-state index in [0.29, 0.717) is 12.6 Å². The van der Waals surface area contributed by atoms with Crippen molar-refractivity contribution in [2.45, 2.75) is 25.5 Å². The lowest BCUT2D eigenvalue weighted by Crippen LogP contribution is -2.35. The van der Waals surface area contributed by atoms with Crippen molar-refractivity contribution in [3.63, 3.8) is 0 Å². The molecule has 2 rings (SSSR count). The largest absolute Gasteiger partial charge is 0.468 e. The number of ether oxygens (including phenoxy) is 1. The van der Waals surface area contributed by atoms with Gasteiger partial charge in [0, 0.05) is 26.2 Å². The molecule has 2 N–H and O–H groups in total. The third-order valence-electron chi connectivity index (χ3n) is 2.89. The lowest BCUT2D eigenvalue weighted by molar-refractivity contribution is 0.0694. The van der Waals surface area contributed by atoms with E-state index in [-0.39, 0.29) is 0 Å². The number of hydrogen-bond acceptors (Lipinski definition) is 4. The van der Waals surface area contributed by atoms with E-state index in [9.17, 15) is 0 Å². The summed E-state index contributed by atoms with van der Waals surface area (Å²) in [4.78, 5) is 2.30. The van der Waals surface area contributed by atoms with Crippen LogP contribution < -0.4 is 5.73 Å². The average Bonchev–Trinajstić information content (AvgIpc) is 2.91. The maximum Gasteiger partial charge on any atom is 0.117 e. The Kier molecular flexibility index (Phi) is 4.39. The number of furan rings is 1. The Morgan fingerprint density at radius 2 is 2.44 bits per heavy atom. The van der Waals surface area contributed by atoms with E-state index >= 15 is 0 Å². The summed E-state index contributed by atoms with van der Waals surface area (Å²) in [5.74, 6) is 0.992. The van der Waals surface area contributed by atoms with E-state index in [0.717, 1.165) is 32.0 Å². The normalized spacial score (nSPS) is 20.8. The molecule has 0 bridgehead atoms. The monoisotopic (exact) mass is 224 g/mol. The Labute approximate surface area is 96.4 Å². The third kappa shape index (κ3) is 3.33. The molecular formula is C12H20N2O2. The topological polar surface area (TPSA) is 51.6 Å². The van der Waals surface area contributed by atoms with Crippen LogP contribution in [0.4, 0.5) is 0 Å². The van der Waals surface area contributed by atoms with Gasteiger partial charge in [-0.2, -0.15) is 0 Å².